The van der Waals surface area contributed by atoms with Crippen molar-refractivity contribution in [3.05, 3.63) is 158 Å². The second kappa shape index (κ2) is 10.2. The topological polar surface area (TPSA) is 35.6 Å². The maximum Gasteiger partial charge on any atom is 0.170 e. The minimum atomic E-state index is 0.780. The predicted molar refractivity (Wildman–Crippen MR) is 197 cm³/mol. The van der Waals surface area contributed by atoms with Gasteiger partial charge in [-0.15, -0.1) is 11.3 Å². The molecule has 5 heteroatoms. The minimum Gasteiger partial charge on any atom is -0.309 e. The summed E-state index contributed by atoms with van der Waals surface area (Å²) in [5.74, 6) is 0. The first-order chi connectivity index (χ1) is 23.3. The highest BCUT2D eigenvalue weighted by atomic mass is 32.1. The van der Waals surface area contributed by atoms with Crippen molar-refractivity contribution in [1.29, 1.82) is 0 Å². The lowest BCUT2D eigenvalue weighted by Crippen LogP contribution is -1.93. The molecule has 0 aliphatic heterocycles. The van der Waals surface area contributed by atoms with Crippen LogP contribution in [0.2, 0.25) is 0 Å². The molecule has 0 bridgehead atoms. The molecule has 0 N–H and O–H groups in total. The van der Waals surface area contributed by atoms with Crippen molar-refractivity contribution >= 4 is 65.3 Å². The number of hydrogen-bond acceptors (Lipinski definition) is 3. The van der Waals surface area contributed by atoms with E-state index < -0.39 is 0 Å². The molecule has 0 atom stereocenters. The Morgan fingerprint density at radius 3 is 1.32 bits per heavy atom. The molecular formula is C42H26N4S. The van der Waals surface area contributed by atoms with E-state index in [1.165, 1.54) is 43.6 Å². The van der Waals surface area contributed by atoms with Crippen LogP contribution in [0, 0.1) is 0 Å². The minimum absolute atomic E-state index is 0.780. The average Bonchev–Trinajstić information content (AvgIpc) is 3.82. The fourth-order valence-corrected chi connectivity index (χ4v) is 8.03. The molecule has 10 rings (SSSR count). The van der Waals surface area contributed by atoms with Gasteiger partial charge in [-0.3, -0.25) is 0 Å². The van der Waals surface area contributed by atoms with Crippen molar-refractivity contribution in [2.45, 2.75) is 0 Å². The molecule has 0 saturated heterocycles. The van der Waals surface area contributed by atoms with Crippen molar-refractivity contribution in [3.8, 4) is 33.1 Å². The summed E-state index contributed by atoms with van der Waals surface area (Å²) in [5.41, 5.74) is 11.2. The third-order valence-corrected chi connectivity index (χ3v) is 10.3. The molecule has 4 heterocycles. The Morgan fingerprint density at radius 1 is 0.426 bits per heavy atom. The maximum absolute atomic E-state index is 4.91. The van der Waals surface area contributed by atoms with E-state index in [0.29, 0.717) is 0 Å². The number of pyridine rings is 1. The third kappa shape index (κ3) is 4.07. The number of thiazole rings is 1. The van der Waals surface area contributed by atoms with Gasteiger partial charge in [0.2, 0.25) is 0 Å². The molecule has 4 aromatic heterocycles. The summed E-state index contributed by atoms with van der Waals surface area (Å²) in [6.45, 7) is 0. The number of para-hydroxylation sites is 4. The van der Waals surface area contributed by atoms with Gasteiger partial charge in [-0.1, -0.05) is 84.9 Å². The summed E-state index contributed by atoms with van der Waals surface area (Å²) in [7, 11) is 0. The van der Waals surface area contributed by atoms with Crippen LogP contribution in [0.25, 0.3) is 87.0 Å². The lowest BCUT2D eigenvalue weighted by Gasteiger charge is -2.09. The zero-order chi connectivity index (χ0) is 30.9. The third-order valence-electron chi connectivity index (χ3n) is 9.24. The molecule has 0 saturated carbocycles. The molecule has 0 aliphatic carbocycles. The first-order valence-corrected chi connectivity index (χ1v) is 16.6. The van der Waals surface area contributed by atoms with Gasteiger partial charge in [0.1, 0.15) is 5.01 Å². The molecule has 10 aromatic rings. The normalized spacial score (nSPS) is 11.8. The summed E-state index contributed by atoms with van der Waals surface area (Å²) in [4.78, 5) is 9.69. The van der Waals surface area contributed by atoms with Crippen LogP contribution in [-0.4, -0.2) is 19.1 Å². The Labute approximate surface area is 274 Å². The molecule has 0 unspecified atom stereocenters. The Morgan fingerprint density at radius 2 is 0.851 bits per heavy atom. The molecule has 0 aliphatic rings. The lowest BCUT2D eigenvalue weighted by atomic mass is 10.1. The van der Waals surface area contributed by atoms with Gasteiger partial charge in [0.05, 0.1) is 26.8 Å². The summed E-state index contributed by atoms with van der Waals surface area (Å²) in [6.07, 6.45) is 1.94. The fourth-order valence-electron chi connectivity index (χ4n) is 7.06. The van der Waals surface area contributed by atoms with Crippen LogP contribution in [0.1, 0.15) is 0 Å². The fraction of sp³-hybridized carbons (Fsp3) is 0. The number of aromatic nitrogens is 4. The summed E-state index contributed by atoms with van der Waals surface area (Å²) >= 11 is 1.69. The molecule has 4 nitrogen and oxygen atoms in total. The van der Waals surface area contributed by atoms with E-state index >= 15 is 0 Å². The highest BCUT2D eigenvalue weighted by Crippen LogP contribution is 2.36. The lowest BCUT2D eigenvalue weighted by molar-refractivity contribution is 1.18. The van der Waals surface area contributed by atoms with Gasteiger partial charge in [-0.05, 0) is 72.3 Å². The van der Waals surface area contributed by atoms with E-state index in [0.717, 1.165) is 43.4 Å². The number of nitrogens with zero attached hydrogens (tertiary/aromatic N) is 4. The van der Waals surface area contributed by atoms with Crippen LogP contribution in [-0.2, 0) is 0 Å². The first-order valence-electron chi connectivity index (χ1n) is 15.7. The highest BCUT2D eigenvalue weighted by Gasteiger charge is 2.14. The highest BCUT2D eigenvalue weighted by molar-refractivity contribution is 7.21. The van der Waals surface area contributed by atoms with Gasteiger partial charge in [-0.2, -0.15) is 0 Å². The molecule has 47 heavy (non-hydrogen) atoms. The van der Waals surface area contributed by atoms with Crippen molar-refractivity contribution in [3.63, 3.8) is 0 Å². The van der Waals surface area contributed by atoms with Crippen LogP contribution in [0.5, 0.6) is 0 Å². The monoisotopic (exact) mass is 618 g/mol. The summed E-state index contributed by atoms with van der Waals surface area (Å²) < 4.78 is 5.76. The molecule has 6 aromatic carbocycles. The van der Waals surface area contributed by atoms with Crippen LogP contribution in [0.4, 0.5) is 0 Å². The molecule has 220 valence electrons. The molecule has 0 amide bonds. The van der Waals surface area contributed by atoms with Gasteiger partial charge in [0.15, 0.2) is 5.65 Å². The van der Waals surface area contributed by atoms with E-state index in [-0.39, 0.29) is 0 Å². The van der Waals surface area contributed by atoms with Crippen LogP contribution < -0.4 is 0 Å². The Bertz CT molecular complexity index is 2520. The zero-order valence-electron chi connectivity index (χ0n) is 25.2. The molecule has 0 radical (unpaired) electrons. The van der Waals surface area contributed by atoms with Crippen molar-refractivity contribution < 1.29 is 0 Å². The van der Waals surface area contributed by atoms with E-state index in [2.05, 4.69) is 161 Å². The van der Waals surface area contributed by atoms with Crippen molar-refractivity contribution in [2.24, 2.45) is 0 Å². The van der Waals surface area contributed by atoms with E-state index in [4.69, 9.17) is 9.97 Å². The second-order valence-electron chi connectivity index (χ2n) is 11.9. The van der Waals surface area contributed by atoms with Crippen LogP contribution >= 0.6 is 11.3 Å². The zero-order valence-corrected chi connectivity index (χ0v) is 26.0. The number of benzene rings is 6. The largest absolute Gasteiger partial charge is 0.309 e. The number of hydrogen-bond donors (Lipinski definition) is 0. The van der Waals surface area contributed by atoms with Crippen LogP contribution in [0.15, 0.2) is 158 Å². The number of fused-ring (bicyclic) bond motifs is 7. The smallest absolute Gasteiger partial charge is 0.170 e. The Hall–Kier alpha value is -6.04. The standard InChI is InChI=1S/C42H26N4S/c1-5-13-36-32(9-1)33-10-2-6-14-37(33)45(36)30-21-17-27(18-22-30)29-25-40-41(43-26-29)44-42(47-40)28-19-23-31(24-20-28)46-38-15-7-3-11-34(38)35-12-4-8-16-39(35)46/h1-26H. The average molecular weight is 619 g/mol. The second-order valence-corrected chi connectivity index (χ2v) is 12.9. The van der Waals surface area contributed by atoms with Gasteiger partial charge in [-0.25, -0.2) is 9.97 Å². The predicted octanol–water partition coefficient (Wildman–Crippen LogP) is 11.2. The quantitative estimate of drug-likeness (QED) is 0.197. The Balaban J connectivity index is 0.981. The summed E-state index contributed by atoms with van der Waals surface area (Å²) in [5, 5.41) is 6.04. The molecular weight excluding hydrogens is 593 g/mol. The van der Waals surface area contributed by atoms with Gasteiger partial charge in [0, 0.05) is 50.2 Å². The van der Waals surface area contributed by atoms with Gasteiger partial charge >= 0.3 is 0 Å². The van der Waals surface area contributed by atoms with Gasteiger partial charge in [0.25, 0.3) is 0 Å². The molecule has 0 fully saturated rings. The van der Waals surface area contributed by atoms with Crippen LogP contribution in [0.3, 0.4) is 0 Å². The van der Waals surface area contributed by atoms with E-state index in [9.17, 15) is 0 Å². The Kier molecular flexibility index (Phi) is 5.71. The van der Waals surface area contributed by atoms with Crippen molar-refractivity contribution in [2.75, 3.05) is 0 Å². The SMILES string of the molecule is c1ccc2c(c1)c1ccccc1n2-c1ccc(-c2cnc3nc(-c4ccc(-n5c6ccccc6c6ccccc65)cc4)sc3c2)cc1. The number of rotatable bonds is 4. The molecule has 0 spiro atoms. The summed E-state index contributed by atoms with van der Waals surface area (Å²) in [6, 6.07) is 54.2. The van der Waals surface area contributed by atoms with Gasteiger partial charge < -0.3 is 9.13 Å². The maximum atomic E-state index is 4.91. The van der Waals surface area contributed by atoms with E-state index in [1.54, 1.807) is 11.3 Å². The van der Waals surface area contributed by atoms with Crippen molar-refractivity contribution in [1.82, 2.24) is 19.1 Å². The van der Waals surface area contributed by atoms with E-state index in [1.807, 2.05) is 6.20 Å². The first kappa shape index (κ1) is 26.2.